The highest BCUT2D eigenvalue weighted by Gasteiger charge is 2.54. The largest absolute Gasteiger partial charge is 0.467 e. The van der Waals surface area contributed by atoms with Gasteiger partial charge in [-0.3, -0.25) is 4.79 Å². The summed E-state index contributed by atoms with van der Waals surface area (Å²) in [5.41, 5.74) is 2.80. The van der Waals surface area contributed by atoms with E-state index in [0.717, 1.165) is 22.4 Å². The number of rotatable bonds is 2. The lowest BCUT2D eigenvalue weighted by Crippen LogP contribution is -2.70. The number of halogens is 1. The summed E-state index contributed by atoms with van der Waals surface area (Å²) in [5.74, 6) is -0.0107. The van der Waals surface area contributed by atoms with Crippen molar-refractivity contribution in [1.82, 2.24) is 10.6 Å². The molecule has 0 spiro atoms. The van der Waals surface area contributed by atoms with Gasteiger partial charge < -0.3 is 20.7 Å². The molecule has 1 amide bonds. The van der Waals surface area contributed by atoms with Gasteiger partial charge in [-0.15, -0.1) is 0 Å². The molecule has 140 valence electrons. The molecule has 3 N–H and O–H groups in total. The van der Waals surface area contributed by atoms with E-state index in [9.17, 15) is 4.79 Å². The van der Waals surface area contributed by atoms with Gasteiger partial charge in [0.1, 0.15) is 11.7 Å². The number of fused-ring (bicyclic) bond motifs is 4. The van der Waals surface area contributed by atoms with Gasteiger partial charge in [0.15, 0.2) is 10.8 Å². The van der Waals surface area contributed by atoms with E-state index in [1.165, 1.54) is 0 Å². The van der Waals surface area contributed by atoms with E-state index in [-0.39, 0.29) is 11.9 Å². The van der Waals surface area contributed by atoms with Crippen molar-refractivity contribution in [2.24, 2.45) is 5.92 Å². The molecule has 0 unspecified atom stereocenters. The Morgan fingerprint density at radius 1 is 1.26 bits per heavy atom. The zero-order valence-corrected chi connectivity index (χ0v) is 16.8. The van der Waals surface area contributed by atoms with Gasteiger partial charge >= 0.3 is 0 Å². The summed E-state index contributed by atoms with van der Waals surface area (Å²) in [6.45, 7) is 5.84. The molecule has 3 atom stereocenters. The predicted molar refractivity (Wildman–Crippen MR) is 110 cm³/mol. The first-order valence-electron chi connectivity index (χ1n) is 8.72. The minimum absolute atomic E-state index is 0.150. The third-order valence-electron chi connectivity index (χ3n) is 5.13. The molecule has 0 saturated carbocycles. The second-order valence-electron chi connectivity index (χ2n) is 7.25. The van der Waals surface area contributed by atoms with Crippen LogP contribution in [0.25, 0.3) is 0 Å². The van der Waals surface area contributed by atoms with Crippen molar-refractivity contribution in [1.29, 1.82) is 0 Å². The normalized spacial score (nSPS) is 25.6. The lowest BCUT2D eigenvalue weighted by atomic mass is 9.80. The zero-order chi connectivity index (χ0) is 19.3. The standard InChI is InChI=1S/C20H20ClN3O2S/c1-10-4-6-14(11(2)8-10)22-18(25)16-17-13-9-12(21)5-7-15(13)26-20(16,3)24-19(27)23-17/h4-9,16-17H,1-3H3,(H,22,25)(H2,23,24,27)/t16-,17-,20+/m1/s1. The van der Waals surface area contributed by atoms with Crippen LogP contribution in [-0.2, 0) is 4.79 Å². The van der Waals surface area contributed by atoms with E-state index in [2.05, 4.69) is 16.0 Å². The van der Waals surface area contributed by atoms with E-state index >= 15 is 0 Å². The Balaban J connectivity index is 1.73. The molecule has 0 aliphatic carbocycles. The summed E-state index contributed by atoms with van der Waals surface area (Å²) in [6, 6.07) is 11.0. The van der Waals surface area contributed by atoms with E-state index in [4.69, 9.17) is 28.6 Å². The lowest BCUT2D eigenvalue weighted by molar-refractivity contribution is -0.132. The van der Waals surface area contributed by atoms with Crippen LogP contribution >= 0.6 is 23.8 Å². The summed E-state index contributed by atoms with van der Waals surface area (Å²) in [6.07, 6.45) is 0. The Hall–Kier alpha value is -2.31. The molecule has 0 radical (unpaired) electrons. The monoisotopic (exact) mass is 401 g/mol. The summed E-state index contributed by atoms with van der Waals surface area (Å²) in [4.78, 5) is 13.3. The van der Waals surface area contributed by atoms with Gasteiger partial charge in [-0.05, 0) is 62.8 Å². The Bertz CT molecular complexity index is 964. The maximum Gasteiger partial charge on any atom is 0.236 e. The summed E-state index contributed by atoms with van der Waals surface area (Å²) in [5, 5.41) is 10.4. The highest BCUT2D eigenvalue weighted by molar-refractivity contribution is 7.80. The lowest BCUT2D eigenvalue weighted by Gasteiger charge is -2.50. The van der Waals surface area contributed by atoms with Gasteiger partial charge in [0.05, 0.1) is 6.04 Å². The minimum Gasteiger partial charge on any atom is -0.467 e. The van der Waals surface area contributed by atoms with E-state index in [0.29, 0.717) is 15.9 Å². The van der Waals surface area contributed by atoms with Crippen LogP contribution in [-0.4, -0.2) is 16.7 Å². The van der Waals surface area contributed by atoms with Crippen LogP contribution in [0.3, 0.4) is 0 Å². The van der Waals surface area contributed by atoms with Crippen LogP contribution in [0.5, 0.6) is 5.75 Å². The van der Waals surface area contributed by atoms with Crippen molar-refractivity contribution in [2.75, 3.05) is 5.32 Å². The molecule has 2 bridgehead atoms. The van der Waals surface area contributed by atoms with Crippen molar-refractivity contribution < 1.29 is 9.53 Å². The summed E-state index contributed by atoms with van der Waals surface area (Å²) in [7, 11) is 0. The molecular weight excluding hydrogens is 382 g/mol. The summed E-state index contributed by atoms with van der Waals surface area (Å²) >= 11 is 11.5. The highest BCUT2D eigenvalue weighted by Crippen LogP contribution is 2.46. The van der Waals surface area contributed by atoms with Crippen molar-refractivity contribution in [3.05, 3.63) is 58.1 Å². The molecule has 1 fully saturated rings. The van der Waals surface area contributed by atoms with Gasteiger partial charge in [-0.25, -0.2) is 0 Å². The maximum atomic E-state index is 13.3. The fourth-order valence-corrected chi connectivity index (χ4v) is 4.39. The van der Waals surface area contributed by atoms with Gasteiger partial charge in [-0.2, -0.15) is 0 Å². The fourth-order valence-electron chi connectivity index (χ4n) is 3.88. The van der Waals surface area contributed by atoms with Crippen molar-refractivity contribution in [3.63, 3.8) is 0 Å². The van der Waals surface area contributed by atoms with Gasteiger partial charge in [-0.1, -0.05) is 29.3 Å². The number of ether oxygens (including phenoxy) is 1. The fraction of sp³-hybridized carbons (Fsp3) is 0.300. The van der Waals surface area contributed by atoms with Crippen molar-refractivity contribution in [3.8, 4) is 5.75 Å². The smallest absolute Gasteiger partial charge is 0.236 e. The average Bonchev–Trinajstić information content (AvgIpc) is 2.57. The second-order valence-corrected chi connectivity index (χ2v) is 8.10. The first kappa shape index (κ1) is 18.1. The van der Waals surface area contributed by atoms with Crippen LogP contribution in [0.4, 0.5) is 5.69 Å². The predicted octanol–water partition coefficient (Wildman–Crippen LogP) is 3.84. The van der Waals surface area contributed by atoms with E-state index in [1.54, 1.807) is 6.07 Å². The molecule has 7 heteroatoms. The van der Waals surface area contributed by atoms with Crippen LogP contribution < -0.4 is 20.7 Å². The summed E-state index contributed by atoms with van der Waals surface area (Å²) < 4.78 is 6.18. The second kappa shape index (κ2) is 6.39. The zero-order valence-electron chi connectivity index (χ0n) is 15.2. The molecule has 27 heavy (non-hydrogen) atoms. The number of thiocarbonyl (C=S) groups is 1. The third kappa shape index (κ3) is 3.13. The van der Waals surface area contributed by atoms with Gasteiger partial charge in [0.25, 0.3) is 0 Å². The number of nitrogens with one attached hydrogen (secondary N) is 3. The maximum absolute atomic E-state index is 13.3. The van der Waals surface area contributed by atoms with E-state index < -0.39 is 11.6 Å². The Morgan fingerprint density at radius 3 is 2.78 bits per heavy atom. The van der Waals surface area contributed by atoms with Crippen LogP contribution in [0.15, 0.2) is 36.4 Å². The highest BCUT2D eigenvalue weighted by atomic mass is 35.5. The molecule has 5 nitrogen and oxygen atoms in total. The SMILES string of the molecule is Cc1ccc(NC(=O)[C@H]2[C@@H]3NC(=S)N[C@@]2(C)Oc2ccc(Cl)cc23)c(C)c1. The Labute approximate surface area is 168 Å². The molecular formula is C20H20ClN3O2S. The molecule has 2 aliphatic heterocycles. The number of amides is 1. The molecule has 2 aromatic rings. The number of carbonyl (C=O) groups is 1. The number of benzene rings is 2. The number of carbonyl (C=O) groups excluding carboxylic acids is 1. The third-order valence-corrected chi connectivity index (χ3v) is 5.58. The first-order valence-corrected chi connectivity index (χ1v) is 9.51. The minimum atomic E-state index is -0.962. The molecule has 1 saturated heterocycles. The van der Waals surface area contributed by atoms with Crippen molar-refractivity contribution in [2.45, 2.75) is 32.5 Å². The number of aryl methyl sites for hydroxylation is 2. The average molecular weight is 402 g/mol. The van der Waals surface area contributed by atoms with Gasteiger partial charge in [0.2, 0.25) is 5.91 Å². The Morgan fingerprint density at radius 2 is 2.04 bits per heavy atom. The van der Waals surface area contributed by atoms with Crippen LogP contribution in [0.1, 0.15) is 29.7 Å². The van der Waals surface area contributed by atoms with Crippen molar-refractivity contribution >= 4 is 40.5 Å². The quantitative estimate of drug-likeness (QED) is 0.667. The Kier molecular flexibility index (Phi) is 4.28. The molecule has 2 aliphatic rings. The van der Waals surface area contributed by atoms with Crippen LogP contribution in [0.2, 0.25) is 5.02 Å². The number of hydrogen-bond acceptors (Lipinski definition) is 3. The van der Waals surface area contributed by atoms with E-state index in [1.807, 2.05) is 51.1 Å². The topological polar surface area (TPSA) is 62.4 Å². The molecule has 2 aromatic carbocycles. The molecule has 0 aromatic heterocycles. The number of anilines is 1. The van der Waals surface area contributed by atoms with Gasteiger partial charge in [0, 0.05) is 16.3 Å². The molecule has 2 heterocycles. The number of hydrogen-bond donors (Lipinski definition) is 3. The first-order chi connectivity index (χ1) is 12.8. The molecule has 4 rings (SSSR count). The van der Waals surface area contributed by atoms with Crippen LogP contribution in [0, 0.1) is 19.8 Å².